The third kappa shape index (κ3) is 4.42. The summed E-state index contributed by atoms with van der Waals surface area (Å²) < 4.78 is 36.4. The normalized spacial score (nSPS) is 11.0. The molecule has 0 spiro atoms. The van der Waals surface area contributed by atoms with E-state index in [-0.39, 0.29) is 4.90 Å². The Bertz CT molecular complexity index is 1410. The van der Waals surface area contributed by atoms with Crippen molar-refractivity contribution in [2.45, 2.75) is 4.90 Å². The van der Waals surface area contributed by atoms with Gasteiger partial charge >= 0.3 is 0 Å². The highest BCUT2D eigenvalue weighted by Gasteiger charge is 2.07. The third-order valence-electron chi connectivity index (χ3n) is 4.25. The molecule has 0 saturated heterocycles. The molecule has 6 nitrogen and oxygen atoms in total. The second-order valence-electron chi connectivity index (χ2n) is 6.49. The Kier molecular flexibility index (Phi) is 5.12. The highest BCUT2D eigenvalue weighted by atomic mass is 32.2. The molecule has 0 atom stereocenters. The highest BCUT2D eigenvalue weighted by molar-refractivity contribution is 7.90. The summed E-state index contributed by atoms with van der Waals surface area (Å²) in [5.74, 6) is 5.83. The van der Waals surface area contributed by atoms with Crippen LogP contribution in [0.5, 0.6) is 0 Å². The van der Waals surface area contributed by atoms with Gasteiger partial charge in [0.1, 0.15) is 11.5 Å². The molecule has 1 aromatic carbocycles. The van der Waals surface area contributed by atoms with Crippen LogP contribution in [0.1, 0.15) is 11.3 Å². The van der Waals surface area contributed by atoms with Gasteiger partial charge < -0.3 is 5.32 Å². The molecule has 4 aromatic rings. The minimum atomic E-state index is -3.25. The van der Waals surface area contributed by atoms with Crippen molar-refractivity contribution in [3.8, 4) is 11.8 Å². The molecule has 0 aliphatic carbocycles. The van der Waals surface area contributed by atoms with Crippen LogP contribution in [0.25, 0.3) is 10.8 Å². The number of nitrogens with zero attached hydrogens (tertiary/aromatic N) is 3. The van der Waals surface area contributed by atoms with Gasteiger partial charge in [0.15, 0.2) is 9.84 Å². The number of fused-ring (bicyclic) bond motifs is 1. The molecule has 0 fully saturated rings. The van der Waals surface area contributed by atoms with Crippen LogP contribution in [-0.4, -0.2) is 29.6 Å². The van der Waals surface area contributed by atoms with Crippen LogP contribution in [0.4, 0.5) is 15.9 Å². The van der Waals surface area contributed by atoms with Crippen LogP contribution in [-0.2, 0) is 9.84 Å². The van der Waals surface area contributed by atoms with Gasteiger partial charge in [0.05, 0.1) is 4.90 Å². The number of pyridine rings is 3. The summed E-state index contributed by atoms with van der Waals surface area (Å²) in [6.45, 7) is 0. The van der Waals surface area contributed by atoms with Crippen LogP contribution in [0.2, 0.25) is 0 Å². The number of sulfone groups is 1. The van der Waals surface area contributed by atoms with E-state index >= 15 is 0 Å². The lowest BCUT2D eigenvalue weighted by atomic mass is 10.1. The summed E-state index contributed by atoms with van der Waals surface area (Å²) in [6, 6.07) is 12.9. The number of anilines is 2. The highest BCUT2D eigenvalue weighted by Crippen LogP contribution is 2.22. The van der Waals surface area contributed by atoms with Crippen LogP contribution in [0.15, 0.2) is 72.0 Å². The maximum Gasteiger partial charge on any atom is 0.214 e. The smallest absolute Gasteiger partial charge is 0.214 e. The van der Waals surface area contributed by atoms with Gasteiger partial charge in [-0.05, 0) is 48.4 Å². The Labute approximate surface area is 172 Å². The fraction of sp³-hybridized carbons (Fsp3) is 0.0455. The van der Waals surface area contributed by atoms with E-state index in [1.807, 2.05) is 12.1 Å². The molecule has 8 heteroatoms. The SMILES string of the molecule is CS(=O)(=O)c1ccc(Nc2cc3c(C#Cc4ccnc(F)c4)nccc3cn2)cc1. The first-order valence-corrected chi connectivity index (χ1v) is 10.7. The zero-order chi connectivity index (χ0) is 21.1. The van der Waals surface area contributed by atoms with E-state index in [1.165, 1.54) is 24.4 Å². The fourth-order valence-electron chi connectivity index (χ4n) is 2.78. The van der Waals surface area contributed by atoms with Crippen LogP contribution < -0.4 is 5.32 Å². The van der Waals surface area contributed by atoms with Crippen molar-refractivity contribution in [2.24, 2.45) is 0 Å². The molecule has 1 N–H and O–H groups in total. The zero-order valence-corrected chi connectivity index (χ0v) is 16.6. The number of hydrogen-bond acceptors (Lipinski definition) is 6. The lowest BCUT2D eigenvalue weighted by Gasteiger charge is -2.08. The van der Waals surface area contributed by atoms with Crippen molar-refractivity contribution in [3.63, 3.8) is 0 Å². The monoisotopic (exact) mass is 418 g/mol. The van der Waals surface area contributed by atoms with E-state index in [0.29, 0.717) is 22.8 Å². The van der Waals surface area contributed by atoms with Crippen molar-refractivity contribution < 1.29 is 12.8 Å². The molecular formula is C22H15FN4O2S. The number of aromatic nitrogens is 3. The first kappa shape index (κ1) is 19.5. The van der Waals surface area contributed by atoms with Crippen molar-refractivity contribution in [3.05, 3.63) is 84.3 Å². The minimum Gasteiger partial charge on any atom is -0.340 e. The van der Waals surface area contributed by atoms with Crippen molar-refractivity contribution >= 4 is 32.1 Å². The molecule has 3 heterocycles. The summed E-state index contributed by atoms with van der Waals surface area (Å²) in [5, 5.41) is 4.78. The topological polar surface area (TPSA) is 84.8 Å². The molecule has 0 radical (unpaired) electrons. The lowest BCUT2D eigenvalue weighted by Crippen LogP contribution is -1.98. The molecule has 3 aromatic heterocycles. The summed E-state index contributed by atoms with van der Waals surface area (Å²) in [4.78, 5) is 12.5. The Morgan fingerprint density at radius 3 is 2.43 bits per heavy atom. The molecule has 0 amide bonds. The quantitative estimate of drug-likeness (QED) is 0.403. The largest absolute Gasteiger partial charge is 0.340 e. The molecule has 0 aliphatic heterocycles. The molecule has 0 saturated carbocycles. The number of nitrogens with one attached hydrogen (secondary N) is 1. The maximum absolute atomic E-state index is 13.3. The standard InChI is InChI=1S/C22H15FN4O2S/c1-30(28,29)18-5-3-17(4-6-18)27-22-13-19-16(14-26-22)9-11-24-20(19)7-2-15-8-10-25-21(23)12-15/h3-6,8-14H,1H3,(H,26,27). The molecule has 0 aliphatic rings. The Balaban J connectivity index is 1.66. The molecule has 30 heavy (non-hydrogen) atoms. The van der Waals surface area contributed by atoms with Gasteiger partial charge in [-0.25, -0.2) is 23.4 Å². The Morgan fingerprint density at radius 2 is 1.70 bits per heavy atom. The van der Waals surface area contributed by atoms with Gasteiger partial charge in [-0.15, -0.1) is 0 Å². The predicted octanol–water partition coefficient (Wildman–Crippen LogP) is 3.71. The van der Waals surface area contributed by atoms with Gasteiger partial charge in [-0.3, -0.25) is 0 Å². The van der Waals surface area contributed by atoms with Crippen LogP contribution in [0, 0.1) is 17.8 Å². The minimum absolute atomic E-state index is 0.244. The predicted molar refractivity (Wildman–Crippen MR) is 113 cm³/mol. The fourth-order valence-corrected chi connectivity index (χ4v) is 3.41. The molecule has 0 unspecified atom stereocenters. The van der Waals surface area contributed by atoms with Gasteiger partial charge in [-0.2, -0.15) is 4.39 Å². The molecular weight excluding hydrogens is 403 g/mol. The van der Waals surface area contributed by atoms with Gasteiger partial charge in [0.25, 0.3) is 0 Å². The second kappa shape index (κ2) is 7.89. The molecule has 0 bridgehead atoms. The Hall–Kier alpha value is -3.83. The van der Waals surface area contributed by atoms with E-state index in [1.54, 1.807) is 30.6 Å². The number of rotatable bonds is 3. The van der Waals surface area contributed by atoms with E-state index in [0.717, 1.165) is 17.0 Å². The number of benzene rings is 1. The molecule has 148 valence electrons. The maximum atomic E-state index is 13.3. The van der Waals surface area contributed by atoms with Crippen LogP contribution >= 0.6 is 0 Å². The van der Waals surface area contributed by atoms with E-state index < -0.39 is 15.8 Å². The summed E-state index contributed by atoms with van der Waals surface area (Å²) in [7, 11) is -3.25. The van der Waals surface area contributed by atoms with Gasteiger partial charge in [0, 0.05) is 52.9 Å². The average molecular weight is 418 g/mol. The van der Waals surface area contributed by atoms with Crippen LogP contribution in [0.3, 0.4) is 0 Å². The summed E-state index contributed by atoms with van der Waals surface area (Å²) in [6.07, 6.45) is 5.85. The lowest BCUT2D eigenvalue weighted by molar-refractivity contribution is 0.583. The van der Waals surface area contributed by atoms with Crippen molar-refractivity contribution in [1.29, 1.82) is 0 Å². The van der Waals surface area contributed by atoms with E-state index in [4.69, 9.17) is 0 Å². The van der Waals surface area contributed by atoms with Gasteiger partial charge in [-0.1, -0.05) is 5.92 Å². The Morgan fingerprint density at radius 1 is 0.933 bits per heavy atom. The van der Waals surface area contributed by atoms with E-state index in [9.17, 15) is 12.8 Å². The first-order valence-electron chi connectivity index (χ1n) is 8.84. The second-order valence-corrected chi connectivity index (χ2v) is 8.50. The zero-order valence-electron chi connectivity index (χ0n) is 15.8. The van der Waals surface area contributed by atoms with Crippen molar-refractivity contribution in [1.82, 2.24) is 15.0 Å². The summed E-state index contributed by atoms with van der Waals surface area (Å²) in [5.41, 5.74) is 1.72. The average Bonchev–Trinajstić information content (AvgIpc) is 2.72. The van der Waals surface area contributed by atoms with E-state index in [2.05, 4.69) is 32.1 Å². The molecule has 4 rings (SSSR count). The third-order valence-corrected chi connectivity index (χ3v) is 5.38. The van der Waals surface area contributed by atoms with Gasteiger partial charge in [0.2, 0.25) is 5.95 Å². The number of halogens is 1. The summed E-state index contributed by atoms with van der Waals surface area (Å²) >= 11 is 0. The number of hydrogen-bond donors (Lipinski definition) is 1. The first-order chi connectivity index (χ1) is 14.4. The van der Waals surface area contributed by atoms with Crippen molar-refractivity contribution in [2.75, 3.05) is 11.6 Å².